The van der Waals surface area contributed by atoms with Gasteiger partial charge in [0.1, 0.15) is 11.9 Å². The van der Waals surface area contributed by atoms with Crippen LogP contribution in [0.1, 0.15) is 18.4 Å². The molecule has 0 aliphatic heterocycles. The Bertz CT molecular complexity index is 632. The molecule has 2 unspecified atom stereocenters. The molecule has 2 aromatic rings. The molecule has 0 saturated carbocycles. The number of para-hydroxylation sites is 1. The topological polar surface area (TPSA) is 65.9 Å². The lowest BCUT2D eigenvalue weighted by atomic mass is 10.0. The molecule has 5 heteroatoms. The lowest BCUT2D eigenvalue weighted by Crippen LogP contribution is -2.43. The maximum atomic E-state index is 9.63. The molecule has 0 heterocycles. The third-order valence-electron chi connectivity index (χ3n) is 3.87. The summed E-state index contributed by atoms with van der Waals surface area (Å²) in [5.41, 5.74) is 1.11. The standard InChI is InChI=1S/C20H27N3O2/c1-16(25-19-11-7-4-8-12-19)13-22-20(21-2)23-14-18(15-24)17-9-5-3-6-10-17/h3-12,16,18,24H,13-15H2,1-2H3,(H2,21,22,23). The fraction of sp³-hybridized carbons (Fsp3) is 0.350. The number of aliphatic imine (C=N–C) groups is 1. The first kappa shape index (κ1) is 18.8. The summed E-state index contributed by atoms with van der Waals surface area (Å²) in [7, 11) is 1.73. The highest BCUT2D eigenvalue weighted by molar-refractivity contribution is 5.79. The second-order valence-corrected chi connectivity index (χ2v) is 5.87. The molecule has 3 N–H and O–H groups in total. The molecule has 2 atom stereocenters. The predicted octanol–water partition coefficient (Wildman–Crippen LogP) is 2.40. The summed E-state index contributed by atoms with van der Waals surface area (Å²) in [4.78, 5) is 4.22. The van der Waals surface area contributed by atoms with E-state index >= 15 is 0 Å². The minimum atomic E-state index is 0.00344. The van der Waals surface area contributed by atoms with E-state index in [-0.39, 0.29) is 18.6 Å². The van der Waals surface area contributed by atoms with E-state index < -0.39 is 0 Å². The fourth-order valence-electron chi connectivity index (χ4n) is 2.47. The van der Waals surface area contributed by atoms with Crippen molar-refractivity contribution in [3.8, 4) is 5.75 Å². The second kappa shape index (κ2) is 10.4. The van der Waals surface area contributed by atoms with Crippen LogP contribution in [-0.2, 0) is 0 Å². The molecule has 0 saturated heterocycles. The van der Waals surface area contributed by atoms with Crippen molar-refractivity contribution in [1.29, 1.82) is 0 Å². The molecular formula is C20H27N3O2. The Kier molecular flexibility index (Phi) is 7.79. The summed E-state index contributed by atoms with van der Waals surface area (Å²) < 4.78 is 5.84. The third-order valence-corrected chi connectivity index (χ3v) is 3.87. The minimum absolute atomic E-state index is 0.00344. The number of hydrogen-bond acceptors (Lipinski definition) is 3. The molecule has 0 radical (unpaired) electrons. The van der Waals surface area contributed by atoms with E-state index in [1.165, 1.54) is 0 Å². The smallest absolute Gasteiger partial charge is 0.191 e. The Morgan fingerprint density at radius 2 is 1.60 bits per heavy atom. The van der Waals surface area contributed by atoms with Crippen LogP contribution >= 0.6 is 0 Å². The Morgan fingerprint density at radius 3 is 2.20 bits per heavy atom. The van der Waals surface area contributed by atoms with Crippen molar-refractivity contribution in [3.63, 3.8) is 0 Å². The lowest BCUT2D eigenvalue weighted by Gasteiger charge is -2.20. The molecule has 0 spiro atoms. The predicted molar refractivity (Wildman–Crippen MR) is 102 cm³/mol. The van der Waals surface area contributed by atoms with Gasteiger partial charge in [-0.3, -0.25) is 4.99 Å². The average molecular weight is 341 g/mol. The number of rotatable bonds is 8. The van der Waals surface area contributed by atoms with Crippen LogP contribution in [0, 0.1) is 0 Å². The number of aliphatic hydroxyl groups is 1. The van der Waals surface area contributed by atoms with E-state index in [2.05, 4.69) is 15.6 Å². The highest BCUT2D eigenvalue weighted by Gasteiger charge is 2.11. The van der Waals surface area contributed by atoms with Gasteiger partial charge in [0.15, 0.2) is 5.96 Å². The lowest BCUT2D eigenvalue weighted by molar-refractivity contribution is 0.223. The summed E-state index contributed by atoms with van der Waals surface area (Å²) in [6.07, 6.45) is 0.00344. The van der Waals surface area contributed by atoms with Crippen LogP contribution in [0.3, 0.4) is 0 Å². The first-order valence-electron chi connectivity index (χ1n) is 8.55. The molecule has 0 aromatic heterocycles. The second-order valence-electron chi connectivity index (χ2n) is 5.87. The van der Waals surface area contributed by atoms with E-state index in [4.69, 9.17) is 4.74 Å². The van der Waals surface area contributed by atoms with Crippen molar-refractivity contribution in [2.24, 2.45) is 4.99 Å². The molecule has 134 valence electrons. The van der Waals surface area contributed by atoms with Crippen LogP contribution in [0.15, 0.2) is 65.7 Å². The Labute approximate surface area is 149 Å². The fourth-order valence-corrected chi connectivity index (χ4v) is 2.47. The van der Waals surface area contributed by atoms with Gasteiger partial charge in [0.25, 0.3) is 0 Å². The van der Waals surface area contributed by atoms with E-state index in [1.807, 2.05) is 67.6 Å². The zero-order valence-corrected chi connectivity index (χ0v) is 14.9. The van der Waals surface area contributed by atoms with E-state index in [0.29, 0.717) is 19.0 Å². The van der Waals surface area contributed by atoms with Gasteiger partial charge >= 0.3 is 0 Å². The monoisotopic (exact) mass is 341 g/mol. The minimum Gasteiger partial charge on any atom is -0.489 e. The van der Waals surface area contributed by atoms with Gasteiger partial charge in [-0.1, -0.05) is 48.5 Å². The molecule has 0 bridgehead atoms. The van der Waals surface area contributed by atoms with Crippen molar-refractivity contribution in [2.75, 3.05) is 26.7 Å². The van der Waals surface area contributed by atoms with E-state index in [1.54, 1.807) is 7.05 Å². The number of nitrogens with zero attached hydrogens (tertiary/aromatic N) is 1. The summed E-state index contributed by atoms with van der Waals surface area (Å²) in [6.45, 7) is 3.33. The van der Waals surface area contributed by atoms with Gasteiger partial charge < -0.3 is 20.5 Å². The highest BCUT2D eigenvalue weighted by atomic mass is 16.5. The molecule has 2 aromatic carbocycles. The van der Waals surface area contributed by atoms with Gasteiger partial charge in [-0.15, -0.1) is 0 Å². The molecule has 5 nitrogen and oxygen atoms in total. The number of nitrogens with one attached hydrogen (secondary N) is 2. The van der Waals surface area contributed by atoms with Crippen molar-refractivity contribution in [1.82, 2.24) is 10.6 Å². The number of ether oxygens (including phenoxy) is 1. The Morgan fingerprint density at radius 1 is 1.00 bits per heavy atom. The molecule has 25 heavy (non-hydrogen) atoms. The average Bonchev–Trinajstić information content (AvgIpc) is 2.66. The Balaban J connectivity index is 1.78. The molecule has 0 aliphatic carbocycles. The zero-order chi connectivity index (χ0) is 17.9. The maximum Gasteiger partial charge on any atom is 0.191 e. The van der Waals surface area contributed by atoms with Crippen LogP contribution in [-0.4, -0.2) is 43.9 Å². The molecule has 0 aliphatic rings. The van der Waals surface area contributed by atoms with Gasteiger partial charge in [-0.2, -0.15) is 0 Å². The quantitative estimate of drug-likeness (QED) is 0.509. The number of guanidine groups is 1. The summed E-state index contributed by atoms with van der Waals surface area (Å²) >= 11 is 0. The van der Waals surface area contributed by atoms with Crippen LogP contribution in [0.25, 0.3) is 0 Å². The largest absolute Gasteiger partial charge is 0.489 e. The van der Waals surface area contributed by atoms with Crippen molar-refractivity contribution < 1.29 is 9.84 Å². The van der Waals surface area contributed by atoms with E-state index in [9.17, 15) is 5.11 Å². The number of aliphatic hydroxyl groups excluding tert-OH is 1. The molecule has 0 fully saturated rings. The first-order valence-corrected chi connectivity index (χ1v) is 8.55. The molecular weight excluding hydrogens is 314 g/mol. The highest BCUT2D eigenvalue weighted by Crippen LogP contribution is 2.13. The van der Waals surface area contributed by atoms with Gasteiger partial charge in [0.05, 0.1) is 13.2 Å². The van der Waals surface area contributed by atoms with Gasteiger partial charge in [0.2, 0.25) is 0 Å². The molecule has 2 rings (SSSR count). The van der Waals surface area contributed by atoms with Crippen LogP contribution < -0.4 is 15.4 Å². The number of benzene rings is 2. The summed E-state index contributed by atoms with van der Waals surface area (Å²) in [5, 5.41) is 16.1. The SMILES string of the molecule is CN=C(NCC(C)Oc1ccccc1)NCC(CO)c1ccccc1. The maximum absolute atomic E-state index is 9.63. The third kappa shape index (κ3) is 6.47. The Hall–Kier alpha value is -2.53. The first-order chi connectivity index (χ1) is 12.2. The van der Waals surface area contributed by atoms with Crippen LogP contribution in [0.5, 0.6) is 5.75 Å². The van der Waals surface area contributed by atoms with Gasteiger partial charge in [-0.25, -0.2) is 0 Å². The molecule has 0 amide bonds. The van der Waals surface area contributed by atoms with Crippen LogP contribution in [0.2, 0.25) is 0 Å². The normalized spacial score (nSPS) is 13.8. The van der Waals surface area contributed by atoms with Crippen molar-refractivity contribution in [2.45, 2.75) is 18.9 Å². The van der Waals surface area contributed by atoms with Gasteiger partial charge in [-0.05, 0) is 24.6 Å². The van der Waals surface area contributed by atoms with Gasteiger partial charge in [0, 0.05) is 19.5 Å². The summed E-state index contributed by atoms with van der Waals surface area (Å²) in [5.74, 6) is 1.57. The van der Waals surface area contributed by atoms with Crippen molar-refractivity contribution in [3.05, 3.63) is 66.2 Å². The summed E-state index contributed by atoms with van der Waals surface area (Å²) in [6, 6.07) is 19.7. The number of hydrogen-bond donors (Lipinski definition) is 3. The van der Waals surface area contributed by atoms with E-state index in [0.717, 1.165) is 11.3 Å². The zero-order valence-electron chi connectivity index (χ0n) is 14.9. The van der Waals surface area contributed by atoms with Crippen LogP contribution in [0.4, 0.5) is 0 Å². The van der Waals surface area contributed by atoms with Crippen molar-refractivity contribution >= 4 is 5.96 Å².